The largest absolute Gasteiger partial charge is 0.464 e. The Bertz CT molecular complexity index is 609. The lowest BCUT2D eigenvalue weighted by Crippen LogP contribution is -2.40. The average molecular weight is 261 g/mol. The summed E-state index contributed by atoms with van der Waals surface area (Å²) in [5, 5.41) is 9.24. The molecule has 0 bridgehead atoms. The highest BCUT2D eigenvalue weighted by Gasteiger charge is 2.06. The Morgan fingerprint density at radius 1 is 1.21 bits per heavy atom. The summed E-state index contributed by atoms with van der Waals surface area (Å²) >= 11 is 0. The minimum absolute atomic E-state index is 0.00147. The lowest BCUT2D eigenvalue weighted by atomic mass is 10.1. The molecule has 0 unspecified atom stereocenters. The molecule has 2 aromatic rings. The van der Waals surface area contributed by atoms with Crippen LogP contribution in [-0.4, -0.2) is 22.3 Å². The van der Waals surface area contributed by atoms with Crippen molar-refractivity contribution in [2.45, 2.75) is 6.61 Å². The van der Waals surface area contributed by atoms with E-state index in [1.54, 1.807) is 17.7 Å². The number of carbonyl (C=O) groups is 2. The van der Waals surface area contributed by atoms with Crippen LogP contribution in [-0.2, 0) is 11.3 Å². The van der Waals surface area contributed by atoms with Crippen LogP contribution in [0.1, 0.15) is 5.56 Å². The third-order valence-corrected chi connectivity index (χ3v) is 2.35. The predicted molar refractivity (Wildman–Crippen MR) is 66.2 cm³/mol. The number of rotatable bonds is 2. The molecule has 98 valence electrons. The molecule has 0 aliphatic carbocycles. The molecule has 0 saturated carbocycles. The molecular weight excluding hydrogens is 250 g/mol. The zero-order chi connectivity index (χ0) is 13.7. The molecule has 1 aromatic heterocycles. The summed E-state index contributed by atoms with van der Waals surface area (Å²) in [5.74, 6) is 0. The molecule has 0 spiro atoms. The van der Waals surface area contributed by atoms with E-state index in [1.165, 1.54) is 0 Å². The number of aromatic nitrogens is 1. The van der Waals surface area contributed by atoms with Gasteiger partial charge in [-0.3, -0.25) is 4.98 Å². The highest BCUT2D eigenvalue weighted by molar-refractivity contribution is 5.81. The third kappa shape index (κ3) is 3.32. The minimum atomic E-state index is -1.37. The Morgan fingerprint density at radius 2 is 2.00 bits per heavy atom. The van der Waals surface area contributed by atoms with Crippen molar-refractivity contribution in [1.29, 1.82) is 0 Å². The average Bonchev–Trinajstić information content (AvgIpc) is 2.42. The molecule has 0 saturated heterocycles. The predicted octanol–water partition coefficient (Wildman–Crippen LogP) is 1.64. The molecule has 1 heterocycles. The second-order valence-electron chi connectivity index (χ2n) is 3.62. The first-order chi connectivity index (χ1) is 9.16. The van der Waals surface area contributed by atoms with Gasteiger partial charge in [0.05, 0.1) is 5.52 Å². The van der Waals surface area contributed by atoms with Gasteiger partial charge < -0.3 is 9.84 Å². The Kier molecular flexibility index (Phi) is 3.77. The number of carboxylic acid groups (broad SMARTS) is 1. The van der Waals surface area contributed by atoms with E-state index < -0.39 is 12.2 Å². The van der Waals surface area contributed by atoms with Crippen LogP contribution in [0.15, 0.2) is 36.5 Å². The van der Waals surface area contributed by atoms with Gasteiger partial charge in [0.25, 0.3) is 0 Å². The van der Waals surface area contributed by atoms with E-state index in [4.69, 9.17) is 9.84 Å². The molecule has 2 rings (SSSR count). The number of benzene rings is 1. The van der Waals surface area contributed by atoms with Crippen molar-refractivity contribution < 1.29 is 19.4 Å². The molecular formula is C12H11N3O4. The molecule has 0 aliphatic heterocycles. The topological polar surface area (TPSA) is 101 Å². The summed E-state index contributed by atoms with van der Waals surface area (Å²) in [4.78, 5) is 25.6. The van der Waals surface area contributed by atoms with Crippen LogP contribution in [0.4, 0.5) is 9.59 Å². The first-order valence-corrected chi connectivity index (χ1v) is 5.41. The van der Waals surface area contributed by atoms with Crippen molar-refractivity contribution in [2.24, 2.45) is 0 Å². The number of ether oxygens (including phenoxy) is 1. The van der Waals surface area contributed by atoms with Crippen molar-refractivity contribution in [3.8, 4) is 0 Å². The molecule has 0 fully saturated rings. The van der Waals surface area contributed by atoms with Gasteiger partial charge in [-0.2, -0.15) is 0 Å². The molecule has 7 nitrogen and oxygen atoms in total. The van der Waals surface area contributed by atoms with E-state index in [2.05, 4.69) is 4.98 Å². The van der Waals surface area contributed by atoms with Gasteiger partial charge in [0, 0.05) is 17.1 Å². The van der Waals surface area contributed by atoms with Crippen LogP contribution < -0.4 is 10.9 Å². The zero-order valence-electron chi connectivity index (χ0n) is 9.79. The Balaban J connectivity index is 2.02. The van der Waals surface area contributed by atoms with Crippen LogP contribution in [0.25, 0.3) is 10.9 Å². The summed E-state index contributed by atoms with van der Waals surface area (Å²) in [6.07, 6.45) is -0.600. The Morgan fingerprint density at radius 3 is 2.79 bits per heavy atom. The Labute approximate surface area is 108 Å². The normalized spacial score (nSPS) is 9.89. The van der Waals surface area contributed by atoms with Crippen molar-refractivity contribution in [2.75, 3.05) is 0 Å². The third-order valence-electron chi connectivity index (χ3n) is 2.35. The number of hydrogen-bond donors (Lipinski definition) is 3. The molecule has 0 atom stereocenters. The van der Waals surface area contributed by atoms with E-state index in [0.29, 0.717) is 0 Å². The number of nitrogens with one attached hydrogen (secondary N) is 2. The maximum absolute atomic E-state index is 11.2. The second kappa shape index (κ2) is 5.67. The second-order valence-corrected chi connectivity index (χ2v) is 3.62. The van der Waals surface area contributed by atoms with Crippen LogP contribution in [0, 0.1) is 0 Å². The number of pyridine rings is 1. The van der Waals surface area contributed by atoms with Gasteiger partial charge in [0.1, 0.15) is 6.61 Å². The van der Waals surface area contributed by atoms with Gasteiger partial charge in [0.2, 0.25) is 0 Å². The van der Waals surface area contributed by atoms with Crippen LogP contribution in [0.5, 0.6) is 0 Å². The molecule has 1 aromatic carbocycles. The fourth-order valence-corrected chi connectivity index (χ4v) is 1.57. The van der Waals surface area contributed by atoms with Gasteiger partial charge in [-0.15, -0.1) is 0 Å². The van der Waals surface area contributed by atoms with Crippen molar-refractivity contribution in [3.63, 3.8) is 0 Å². The highest BCUT2D eigenvalue weighted by Crippen LogP contribution is 2.16. The summed E-state index contributed by atoms with van der Waals surface area (Å²) in [5.41, 5.74) is 5.04. The zero-order valence-corrected chi connectivity index (χ0v) is 9.79. The quantitative estimate of drug-likeness (QED) is 0.713. The van der Waals surface area contributed by atoms with E-state index in [-0.39, 0.29) is 6.61 Å². The van der Waals surface area contributed by atoms with Crippen LogP contribution >= 0.6 is 0 Å². The molecule has 7 heteroatoms. The standard InChI is InChI=1S/C12H11N3O4/c16-11(17)14-15-12(18)19-7-9-4-1-3-8-5-2-6-13-10(8)9/h1-6,14H,7H2,(H,15,18)(H,16,17). The van der Waals surface area contributed by atoms with E-state index in [0.717, 1.165) is 16.5 Å². The Hall–Kier alpha value is -2.83. The van der Waals surface area contributed by atoms with Crippen molar-refractivity contribution >= 4 is 23.1 Å². The number of hydrazine groups is 1. The van der Waals surface area contributed by atoms with E-state index in [1.807, 2.05) is 29.7 Å². The number of carbonyl (C=O) groups excluding carboxylic acids is 1. The lowest BCUT2D eigenvalue weighted by Gasteiger charge is -2.08. The van der Waals surface area contributed by atoms with Gasteiger partial charge in [-0.05, 0) is 6.07 Å². The first-order valence-electron chi connectivity index (χ1n) is 5.41. The van der Waals surface area contributed by atoms with E-state index >= 15 is 0 Å². The number of nitrogens with zero attached hydrogens (tertiary/aromatic N) is 1. The monoisotopic (exact) mass is 261 g/mol. The number of para-hydroxylation sites is 1. The summed E-state index contributed by atoms with van der Waals surface area (Å²) < 4.78 is 4.87. The maximum atomic E-state index is 11.2. The molecule has 3 N–H and O–H groups in total. The molecule has 2 amide bonds. The number of amides is 2. The summed E-state index contributed by atoms with van der Waals surface area (Å²) in [6.45, 7) is 0.00147. The van der Waals surface area contributed by atoms with Crippen molar-refractivity contribution in [1.82, 2.24) is 15.8 Å². The van der Waals surface area contributed by atoms with E-state index in [9.17, 15) is 9.59 Å². The van der Waals surface area contributed by atoms with Gasteiger partial charge in [-0.25, -0.2) is 20.4 Å². The summed E-state index contributed by atoms with van der Waals surface area (Å²) in [6, 6.07) is 9.23. The van der Waals surface area contributed by atoms with Crippen LogP contribution in [0.3, 0.4) is 0 Å². The smallest absolute Gasteiger partial charge is 0.426 e. The minimum Gasteiger partial charge on any atom is -0.464 e. The lowest BCUT2D eigenvalue weighted by molar-refractivity contribution is 0.131. The molecule has 0 radical (unpaired) electrons. The van der Waals surface area contributed by atoms with Crippen LogP contribution in [0.2, 0.25) is 0 Å². The van der Waals surface area contributed by atoms with Gasteiger partial charge >= 0.3 is 12.2 Å². The fraction of sp³-hybridized carbons (Fsp3) is 0.0833. The van der Waals surface area contributed by atoms with Crippen molar-refractivity contribution in [3.05, 3.63) is 42.1 Å². The molecule has 0 aliphatic rings. The first kappa shape index (κ1) is 12.6. The number of fused-ring (bicyclic) bond motifs is 1. The molecule has 19 heavy (non-hydrogen) atoms. The summed E-state index contributed by atoms with van der Waals surface area (Å²) in [7, 11) is 0. The van der Waals surface area contributed by atoms with Gasteiger partial charge in [0.15, 0.2) is 0 Å². The van der Waals surface area contributed by atoms with Gasteiger partial charge in [-0.1, -0.05) is 24.3 Å². The fourth-order valence-electron chi connectivity index (χ4n) is 1.57. The maximum Gasteiger partial charge on any atom is 0.426 e. The SMILES string of the molecule is O=C(O)NNC(=O)OCc1cccc2cccnc12. The highest BCUT2D eigenvalue weighted by atomic mass is 16.6. The number of hydrogen-bond acceptors (Lipinski definition) is 4.